The zero-order valence-corrected chi connectivity index (χ0v) is 21.0. The molecule has 0 unspecified atom stereocenters. The predicted octanol–water partition coefficient (Wildman–Crippen LogP) is 8.00. The van der Waals surface area contributed by atoms with Gasteiger partial charge in [0.2, 0.25) is 0 Å². The van der Waals surface area contributed by atoms with Gasteiger partial charge in [-0.25, -0.2) is 0 Å². The molecule has 0 saturated heterocycles. The number of rotatable bonds is 6. The molecular weight excluding hydrogens is 637 g/mol. The summed E-state index contributed by atoms with van der Waals surface area (Å²) in [5, 5.41) is 0. The van der Waals surface area contributed by atoms with Crippen molar-refractivity contribution < 1.29 is 4.74 Å². The van der Waals surface area contributed by atoms with Gasteiger partial charge in [0.25, 0.3) is 0 Å². The summed E-state index contributed by atoms with van der Waals surface area (Å²) in [6.07, 6.45) is 2.35. The van der Waals surface area contributed by atoms with Gasteiger partial charge in [0.15, 0.2) is 5.75 Å². The third kappa shape index (κ3) is 5.72. The minimum atomic E-state index is 0.534. The van der Waals surface area contributed by atoms with Crippen LogP contribution in [-0.2, 0) is 6.42 Å². The molecule has 0 aliphatic carbocycles. The van der Waals surface area contributed by atoms with Crippen molar-refractivity contribution in [2.75, 3.05) is 0 Å². The molecule has 0 heterocycles. The van der Waals surface area contributed by atoms with Crippen LogP contribution in [0.5, 0.6) is 11.5 Å². The molecule has 24 heavy (non-hydrogen) atoms. The van der Waals surface area contributed by atoms with Crippen LogP contribution in [0.2, 0.25) is 0 Å². The van der Waals surface area contributed by atoms with Crippen LogP contribution in [-0.4, -0.2) is 0 Å². The molecule has 4 heteroatoms. The van der Waals surface area contributed by atoms with Crippen molar-refractivity contribution in [2.24, 2.45) is 5.92 Å². The third-order valence-corrected chi connectivity index (χ3v) is 6.42. The van der Waals surface area contributed by atoms with E-state index in [1.54, 1.807) is 0 Å². The Bertz CT molecular complexity index is 685. The average molecular weight is 660 g/mol. The highest BCUT2D eigenvalue weighted by atomic mass is 127. The van der Waals surface area contributed by atoms with Crippen molar-refractivity contribution in [3.05, 3.63) is 52.2 Å². The van der Waals surface area contributed by atoms with Crippen molar-refractivity contribution in [3.8, 4) is 11.5 Å². The molecule has 0 spiro atoms. The maximum absolute atomic E-state index is 6.22. The van der Waals surface area contributed by atoms with Crippen LogP contribution in [0, 0.1) is 16.6 Å². The lowest BCUT2D eigenvalue weighted by Gasteiger charge is -2.15. The van der Waals surface area contributed by atoms with E-state index in [-0.39, 0.29) is 0 Å². The topological polar surface area (TPSA) is 9.23 Å². The summed E-state index contributed by atoms with van der Waals surface area (Å²) in [5.41, 5.74) is 2.77. The van der Waals surface area contributed by atoms with Crippen LogP contribution in [0.15, 0.2) is 30.3 Å². The number of hydrogen-bond donors (Lipinski definition) is 0. The number of benzene rings is 2. The standard InChI is InChI=1S/C20H23I3O/c1-12(2)5-6-14-9-18(22)20(19(23)10-14)24-15-7-8-16(13(3)4)17(21)11-15/h7-13H,5-6H2,1-4H3. The van der Waals surface area contributed by atoms with Gasteiger partial charge >= 0.3 is 0 Å². The zero-order valence-electron chi connectivity index (χ0n) is 14.5. The first-order valence-electron chi connectivity index (χ1n) is 8.23. The van der Waals surface area contributed by atoms with Crippen LogP contribution in [0.3, 0.4) is 0 Å². The van der Waals surface area contributed by atoms with Gasteiger partial charge in [-0.15, -0.1) is 0 Å². The van der Waals surface area contributed by atoms with E-state index in [2.05, 4.69) is 126 Å². The summed E-state index contributed by atoms with van der Waals surface area (Å²) < 4.78 is 9.84. The molecule has 1 nitrogen and oxygen atoms in total. The van der Waals surface area contributed by atoms with Gasteiger partial charge in [0, 0.05) is 3.57 Å². The summed E-state index contributed by atoms with van der Waals surface area (Å²) in [5.74, 6) is 3.15. The lowest BCUT2D eigenvalue weighted by molar-refractivity contribution is 0.474. The van der Waals surface area contributed by atoms with E-state index in [1.807, 2.05) is 0 Å². The van der Waals surface area contributed by atoms with E-state index in [4.69, 9.17) is 4.74 Å². The first-order valence-corrected chi connectivity index (χ1v) is 11.5. The van der Waals surface area contributed by atoms with E-state index >= 15 is 0 Å². The fourth-order valence-electron chi connectivity index (χ4n) is 2.47. The van der Waals surface area contributed by atoms with Crippen molar-refractivity contribution in [1.82, 2.24) is 0 Å². The minimum Gasteiger partial charge on any atom is -0.455 e. The second kappa shape index (κ2) is 9.39. The van der Waals surface area contributed by atoms with Gasteiger partial charge in [-0.1, -0.05) is 33.8 Å². The molecule has 0 aliphatic rings. The minimum absolute atomic E-state index is 0.534. The zero-order chi connectivity index (χ0) is 17.9. The van der Waals surface area contributed by atoms with Crippen molar-refractivity contribution in [2.45, 2.75) is 46.5 Å². The quantitative estimate of drug-likeness (QED) is 0.286. The Kier molecular flexibility index (Phi) is 8.11. The van der Waals surface area contributed by atoms with Crippen molar-refractivity contribution >= 4 is 67.8 Å². The fraction of sp³-hybridized carbons (Fsp3) is 0.400. The lowest BCUT2D eigenvalue weighted by Crippen LogP contribution is -1.98. The van der Waals surface area contributed by atoms with Gasteiger partial charge in [-0.2, -0.15) is 0 Å². The predicted molar refractivity (Wildman–Crippen MR) is 128 cm³/mol. The molecular formula is C20H23I3O. The molecule has 0 atom stereocenters. The van der Waals surface area contributed by atoms with Crippen LogP contribution in [0.25, 0.3) is 0 Å². The second-order valence-corrected chi connectivity index (χ2v) is 10.2. The summed E-state index contributed by atoms with van der Waals surface area (Å²) >= 11 is 7.18. The molecule has 130 valence electrons. The van der Waals surface area contributed by atoms with Gasteiger partial charge in [0.1, 0.15) is 5.75 Å². The molecule has 0 saturated carbocycles. The number of hydrogen-bond acceptors (Lipinski definition) is 1. The summed E-state index contributed by atoms with van der Waals surface area (Å²) in [7, 11) is 0. The maximum atomic E-state index is 6.22. The van der Waals surface area contributed by atoms with Gasteiger partial charge in [-0.3, -0.25) is 0 Å². The van der Waals surface area contributed by atoms with Crippen molar-refractivity contribution in [3.63, 3.8) is 0 Å². The first-order chi connectivity index (χ1) is 11.3. The molecule has 2 aromatic carbocycles. The monoisotopic (exact) mass is 660 g/mol. The second-order valence-electron chi connectivity index (χ2n) is 6.76. The smallest absolute Gasteiger partial charge is 0.154 e. The van der Waals surface area contributed by atoms with Crippen LogP contribution < -0.4 is 4.74 Å². The number of halogens is 3. The van der Waals surface area contributed by atoms with Gasteiger partial charge in [-0.05, 0) is 128 Å². The third-order valence-electron chi connectivity index (χ3n) is 3.88. The Morgan fingerprint density at radius 1 is 0.875 bits per heavy atom. The molecule has 0 radical (unpaired) electrons. The molecule has 0 aromatic heterocycles. The van der Waals surface area contributed by atoms with E-state index < -0.39 is 0 Å². The molecule has 0 fully saturated rings. The fourth-order valence-corrected chi connectivity index (χ4v) is 5.69. The highest BCUT2D eigenvalue weighted by Gasteiger charge is 2.12. The van der Waals surface area contributed by atoms with Crippen LogP contribution in [0.4, 0.5) is 0 Å². The number of aryl methyl sites for hydroxylation is 1. The largest absolute Gasteiger partial charge is 0.455 e. The summed E-state index contributed by atoms with van der Waals surface area (Å²) in [6.45, 7) is 8.99. The van der Waals surface area contributed by atoms with E-state index in [9.17, 15) is 0 Å². The summed E-state index contributed by atoms with van der Waals surface area (Å²) in [4.78, 5) is 0. The first kappa shape index (κ1) is 20.7. The Labute approximate surface area is 186 Å². The molecule has 0 N–H and O–H groups in total. The van der Waals surface area contributed by atoms with Crippen LogP contribution >= 0.6 is 67.8 Å². The Hall–Kier alpha value is 0.430. The van der Waals surface area contributed by atoms with E-state index in [0.29, 0.717) is 5.92 Å². The molecule has 2 aromatic rings. The highest BCUT2D eigenvalue weighted by Crippen LogP contribution is 2.35. The number of ether oxygens (including phenoxy) is 1. The lowest BCUT2D eigenvalue weighted by atomic mass is 10.0. The highest BCUT2D eigenvalue weighted by molar-refractivity contribution is 14.1. The summed E-state index contributed by atoms with van der Waals surface area (Å²) in [6, 6.07) is 10.9. The normalized spacial score (nSPS) is 11.4. The Morgan fingerprint density at radius 3 is 2.00 bits per heavy atom. The average Bonchev–Trinajstić information content (AvgIpc) is 2.48. The molecule has 0 bridgehead atoms. The van der Waals surface area contributed by atoms with Gasteiger partial charge in [0.05, 0.1) is 7.14 Å². The van der Waals surface area contributed by atoms with Crippen molar-refractivity contribution in [1.29, 1.82) is 0 Å². The maximum Gasteiger partial charge on any atom is 0.154 e. The van der Waals surface area contributed by atoms with Crippen LogP contribution in [0.1, 0.15) is 51.2 Å². The van der Waals surface area contributed by atoms with E-state index in [1.165, 1.54) is 28.3 Å². The molecule has 0 aliphatic heterocycles. The Morgan fingerprint density at radius 2 is 1.50 bits per heavy atom. The molecule has 0 amide bonds. The SMILES string of the molecule is CC(C)CCc1cc(I)c(Oc2ccc(C(C)C)c(I)c2)c(I)c1. The van der Waals surface area contributed by atoms with E-state index in [0.717, 1.165) is 23.8 Å². The molecule has 2 rings (SSSR count). The van der Waals surface area contributed by atoms with Gasteiger partial charge < -0.3 is 4.74 Å². The Balaban J connectivity index is 2.22.